The van der Waals surface area contributed by atoms with Crippen molar-refractivity contribution in [1.82, 2.24) is 0 Å². The predicted molar refractivity (Wildman–Crippen MR) is 71.9 cm³/mol. The molecule has 1 aromatic carbocycles. The fourth-order valence-electron chi connectivity index (χ4n) is 2.43. The Bertz CT molecular complexity index is 375. The van der Waals surface area contributed by atoms with E-state index in [1.165, 1.54) is 36.8 Å². The van der Waals surface area contributed by atoms with Gasteiger partial charge in [0, 0.05) is 0 Å². The molecule has 0 aliphatic heterocycles. The van der Waals surface area contributed by atoms with E-state index in [-0.39, 0.29) is 0 Å². The molecule has 1 nitrogen and oxygen atoms in total. The second-order valence-electron chi connectivity index (χ2n) is 5.05. The summed E-state index contributed by atoms with van der Waals surface area (Å²) in [5, 5.41) is 10.4. The molecule has 0 aromatic heterocycles. The Morgan fingerprint density at radius 3 is 2.47 bits per heavy atom. The lowest BCUT2D eigenvalue weighted by Crippen LogP contribution is -2.03. The lowest BCUT2D eigenvalue weighted by atomic mass is 9.92. The molecule has 1 atom stereocenters. The molecule has 1 N–H and O–H groups in total. The standard InChI is InChI=1S/C16H22O/c1-13-9-11-15(12-10-13)16(17)14-7-5-3-2-4-6-8-14/h7,9-12,16-17H,2-6,8H2,1H3/b14-7+. The Labute approximate surface area is 104 Å². The average molecular weight is 230 g/mol. The minimum atomic E-state index is -0.395. The summed E-state index contributed by atoms with van der Waals surface area (Å²) in [4.78, 5) is 0. The number of hydrogen-bond acceptors (Lipinski definition) is 1. The van der Waals surface area contributed by atoms with Gasteiger partial charge in [-0.2, -0.15) is 0 Å². The Morgan fingerprint density at radius 1 is 1.00 bits per heavy atom. The van der Waals surface area contributed by atoms with Crippen molar-refractivity contribution in [2.75, 3.05) is 0 Å². The van der Waals surface area contributed by atoms with Crippen LogP contribution in [0.2, 0.25) is 0 Å². The van der Waals surface area contributed by atoms with Gasteiger partial charge in [0.2, 0.25) is 0 Å². The van der Waals surface area contributed by atoms with E-state index in [1.54, 1.807) is 0 Å². The topological polar surface area (TPSA) is 20.2 Å². The summed E-state index contributed by atoms with van der Waals surface area (Å²) < 4.78 is 0. The van der Waals surface area contributed by atoms with E-state index in [0.29, 0.717) is 0 Å². The van der Waals surface area contributed by atoms with Crippen molar-refractivity contribution >= 4 is 0 Å². The number of aliphatic hydroxyl groups excluding tert-OH is 1. The van der Waals surface area contributed by atoms with Crippen LogP contribution in [-0.2, 0) is 0 Å². The molecule has 0 saturated heterocycles. The Hall–Kier alpha value is -1.08. The summed E-state index contributed by atoms with van der Waals surface area (Å²) in [7, 11) is 0. The zero-order valence-corrected chi connectivity index (χ0v) is 10.7. The van der Waals surface area contributed by atoms with Crippen LogP contribution in [0, 0.1) is 6.92 Å². The highest BCUT2D eigenvalue weighted by Gasteiger charge is 2.13. The zero-order chi connectivity index (χ0) is 12.1. The largest absolute Gasteiger partial charge is 0.384 e. The van der Waals surface area contributed by atoms with Crippen LogP contribution in [0.1, 0.15) is 55.8 Å². The first-order valence-electron chi connectivity index (χ1n) is 6.71. The van der Waals surface area contributed by atoms with E-state index in [1.807, 2.05) is 12.1 Å². The Kier molecular flexibility index (Phi) is 4.38. The number of aliphatic hydroxyl groups is 1. The number of aryl methyl sites for hydroxylation is 1. The van der Waals surface area contributed by atoms with E-state index in [4.69, 9.17) is 0 Å². The van der Waals surface area contributed by atoms with Gasteiger partial charge >= 0.3 is 0 Å². The molecule has 1 aliphatic rings. The fourth-order valence-corrected chi connectivity index (χ4v) is 2.43. The van der Waals surface area contributed by atoms with Crippen LogP contribution in [0.15, 0.2) is 35.9 Å². The van der Waals surface area contributed by atoms with Crippen molar-refractivity contribution in [2.24, 2.45) is 0 Å². The number of benzene rings is 1. The van der Waals surface area contributed by atoms with Crippen molar-refractivity contribution in [2.45, 2.75) is 51.6 Å². The van der Waals surface area contributed by atoms with Gasteiger partial charge < -0.3 is 5.11 Å². The first-order chi connectivity index (χ1) is 8.27. The molecule has 0 fully saturated rings. The van der Waals surface area contributed by atoms with Crippen molar-refractivity contribution in [1.29, 1.82) is 0 Å². The van der Waals surface area contributed by atoms with Gasteiger partial charge in [-0.25, -0.2) is 0 Å². The Morgan fingerprint density at radius 2 is 1.71 bits per heavy atom. The van der Waals surface area contributed by atoms with Gasteiger partial charge in [-0.05, 0) is 43.7 Å². The van der Waals surface area contributed by atoms with Crippen LogP contribution in [0.4, 0.5) is 0 Å². The van der Waals surface area contributed by atoms with Gasteiger partial charge in [0.25, 0.3) is 0 Å². The zero-order valence-electron chi connectivity index (χ0n) is 10.7. The maximum atomic E-state index is 10.4. The average Bonchev–Trinajstić information content (AvgIpc) is 2.29. The van der Waals surface area contributed by atoms with Crippen LogP contribution < -0.4 is 0 Å². The number of allylic oxidation sites excluding steroid dienone is 1. The molecular formula is C16H22O. The molecule has 1 aliphatic carbocycles. The molecule has 1 heteroatoms. The molecule has 92 valence electrons. The molecule has 1 unspecified atom stereocenters. The first-order valence-corrected chi connectivity index (χ1v) is 6.71. The third-order valence-corrected chi connectivity index (χ3v) is 3.57. The molecule has 0 heterocycles. The third-order valence-electron chi connectivity index (χ3n) is 3.57. The van der Waals surface area contributed by atoms with Crippen molar-refractivity contribution < 1.29 is 5.11 Å². The van der Waals surface area contributed by atoms with Gasteiger partial charge in [-0.1, -0.05) is 48.7 Å². The van der Waals surface area contributed by atoms with E-state index in [0.717, 1.165) is 18.4 Å². The van der Waals surface area contributed by atoms with Crippen molar-refractivity contribution in [3.05, 3.63) is 47.0 Å². The molecule has 0 saturated carbocycles. The van der Waals surface area contributed by atoms with Gasteiger partial charge in [0.15, 0.2) is 0 Å². The molecule has 0 bridgehead atoms. The Balaban J connectivity index is 2.11. The first kappa shape index (κ1) is 12.4. The second-order valence-corrected chi connectivity index (χ2v) is 5.05. The normalized spacial score (nSPS) is 22.1. The van der Waals surface area contributed by atoms with Gasteiger partial charge in [-0.15, -0.1) is 0 Å². The van der Waals surface area contributed by atoms with Crippen LogP contribution in [-0.4, -0.2) is 5.11 Å². The number of hydrogen-bond donors (Lipinski definition) is 1. The van der Waals surface area contributed by atoms with E-state index in [2.05, 4.69) is 25.1 Å². The highest BCUT2D eigenvalue weighted by molar-refractivity contribution is 5.29. The minimum Gasteiger partial charge on any atom is -0.384 e. The molecule has 1 aromatic rings. The molecule has 2 rings (SSSR count). The summed E-state index contributed by atoms with van der Waals surface area (Å²) >= 11 is 0. The van der Waals surface area contributed by atoms with Gasteiger partial charge in [-0.3, -0.25) is 0 Å². The smallest absolute Gasteiger partial charge is 0.100 e. The van der Waals surface area contributed by atoms with Crippen molar-refractivity contribution in [3.63, 3.8) is 0 Å². The predicted octanol–water partition coefficient (Wildman–Crippen LogP) is 4.31. The summed E-state index contributed by atoms with van der Waals surface area (Å²) in [6.45, 7) is 2.07. The van der Waals surface area contributed by atoms with Crippen LogP contribution in [0.5, 0.6) is 0 Å². The maximum absolute atomic E-state index is 10.4. The fraction of sp³-hybridized carbons (Fsp3) is 0.500. The maximum Gasteiger partial charge on any atom is 0.100 e. The van der Waals surface area contributed by atoms with Crippen LogP contribution in [0.3, 0.4) is 0 Å². The summed E-state index contributed by atoms with van der Waals surface area (Å²) in [6.07, 6.45) is 9.16. The van der Waals surface area contributed by atoms with E-state index < -0.39 is 6.10 Å². The van der Waals surface area contributed by atoms with Gasteiger partial charge in [0.05, 0.1) is 0 Å². The van der Waals surface area contributed by atoms with Crippen LogP contribution >= 0.6 is 0 Å². The monoisotopic (exact) mass is 230 g/mol. The third kappa shape index (κ3) is 3.44. The summed E-state index contributed by atoms with van der Waals surface area (Å²) in [5.41, 5.74) is 3.49. The van der Waals surface area contributed by atoms with Crippen LogP contribution in [0.25, 0.3) is 0 Å². The van der Waals surface area contributed by atoms with Gasteiger partial charge in [0.1, 0.15) is 6.10 Å². The molecular weight excluding hydrogens is 208 g/mol. The minimum absolute atomic E-state index is 0.395. The quantitative estimate of drug-likeness (QED) is 0.751. The number of rotatable bonds is 2. The van der Waals surface area contributed by atoms with Crippen molar-refractivity contribution in [3.8, 4) is 0 Å². The highest BCUT2D eigenvalue weighted by Crippen LogP contribution is 2.28. The SMILES string of the molecule is Cc1ccc(C(O)/C2=C/CCCCCC2)cc1. The second kappa shape index (κ2) is 6.02. The van der Waals surface area contributed by atoms with E-state index >= 15 is 0 Å². The lowest BCUT2D eigenvalue weighted by Gasteiger charge is -2.18. The highest BCUT2D eigenvalue weighted by atomic mass is 16.3. The molecule has 17 heavy (non-hydrogen) atoms. The molecule has 0 amide bonds. The molecule has 0 radical (unpaired) electrons. The lowest BCUT2D eigenvalue weighted by molar-refractivity contribution is 0.209. The van der Waals surface area contributed by atoms with E-state index in [9.17, 15) is 5.11 Å². The summed E-state index contributed by atoms with van der Waals surface area (Å²) in [5.74, 6) is 0. The molecule has 0 spiro atoms. The summed E-state index contributed by atoms with van der Waals surface area (Å²) in [6, 6.07) is 8.23.